The molecule has 104 valence electrons. The molecule has 6 heteroatoms. The second-order valence-electron chi connectivity index (χ2n) is 4.53. The number of hydrogen-bond acceptors (Lipinski definition) is 3. The third-order valence-corrected chi connectivity index (χ3v) is 3.28. The maximum absolute atomic E-state index is 12.0. The highest BCUT2D eigenvalue weighted by Gasteiger charge is 2.29. The van der Waals surface area contributed by atoms with Crippen LogP contribution in [0.1, 0.15) is 25.8 Å². The molecule has 0 saturated carbocycles. The zero-order valence-electron chi connectivity index (χ0n) is 11.0. The van der Waals surface area contributed by atoms with Crippen molar-refractivity contribution in [2.24, 2.45) is 10.9 Å². The summed E-state index contributed by atoms with van der Waals surface area (Å²) >= 11 is 5.86. The number of hydrogen-bond donors (Lipinski definition) is 3. The molecule has 1 atom stereocenters. The number of halogens is 1. The monoisotopic (exact) mass is 283 g/mol. The number of carbonyl (C=O) groups is 1. The fraction of sp³-hybridized carbons (Fsp3) is 0.385. The summed E-state index contributed by atoms with van der Waals surface area (Å²) in [4.78, 5) is 12.0. The third-order valence-electron chi connectivity index (χ3n) is 3.05. The largest absolute Gasteiger partial charge is 0.409 e. The van der Waals surface area contributed by atoms with E-state index in [1.54, 1.807) is 25.1 Å². The summed E-state index contributed by atoms with van der Waals surface area (Å²) in [7, 11) is 0. The van der Waals surface area contributed by atoms with Crippen LogP contribution in [-0.4, -0.2) is 22.5 Å². The highest BCUT2D eigenvalue weighted by atomic mass is 35.5. The molecule has 0 radical (unpaired) electrons. The van der Waals surface area contributed by atoms with Gasteiger partial charge in [-0.15, -0.1) is 0 Å². The average Bonchev–Trinajstić information content (AvgIpc) is 2.37. The number of amidine groups is 1. The molecule has 0 aliphatic rings. The standard InChI is InChI=1S/C13H18ClN3O2/c1-3-13(2,12(15)17-19)16-11(18)8-9-5-4-6-10(14)7-9/h4-7,19H,3,8H2,1-2H3,(H2,15,17)(H,16,18). The normalized spacial score (nSPS) is 14.8. The van der Waals surface area contributed by atoms with E-state index in [1.807, 2.05) is 13.0 Å². The molecule has 0 saturated heterocycles. The Morgan fingerprint density at radius 1 is 1.58 bits per heavy atom. The second-order valence-corrected chi connectivity index (χ2v) is 4.96. The fourth-order valence-corrected chi connectivity index (χ4v) is 1.84. The predicted molar refractivity (Wildman–Crippen MR) is 75.4 cm³/mol. The zero-order valence-corrected chi connectivity index (χ0v) is 11.7. The first kappa shape index (κ1) is 15.3. The van der Waals surface area contributed by atoms with E-state index in [0.717, 1.165) is 5.56 Å². The minimum atomic E-state index is -0.857. The Hall–Kier alpha value is -1.75. The van der Waals surface area contributed by atoms with Crippen LogP contribution in [0.15, 0.2) is 29.4 Å². The van der Waals surface area contributed by atoms with Crippen molar-refractivity contribution in [2.75, 3.05) is 0 Å². The van der Waals surface area contributed by atoms with E-state index in [2.05, 4.69) is 10.5 Å². The lowest BCUT2D eigenvalue weighted by molar-refractivity contribution is -0.121. The molecule has 1 aromatic rings. The van der Waals surface area contributed by atoms with Gasteiger partial charge in [-0.25, -0.2) is 0 Å². The molecule has 0 fully saturated rings. The van der Waals surface area contributed by atoms with Gasteiger partial charge in [-0.3, -0.25) is 4.79 Å². The van der Waals surface area contributed by atoms with Crippen LogP contribution in [0.3, 0.4) is 0 Å². The molecule has 0 aliphatic heterocycles. The molecular formula is C13H18ClN3O2. The van der Waals surface area contributed by atoms with Gasteiger partial charge in [-0.1, -0.05) is 35.8 Å². The summed E-state index contributed by atoms with van der Waals surface area (Å²) in [5.74, 6) is -0.229. The van der Waals surface area contributed by atoms with Crippen LogP contribution in [-0.2, 0) is 11.2 Å². The first-order valence-corrected chi connectivity index (χ1v) is 6.32. The molecule has 0 aliphatic carbocycles. The lowest BCUT2D eigenvalue weighted by Crippen LogP contribution is -2.55. The van der Waals surface area contributed by atoms with Crippen LogP contribution < -0.4 is 11.1 Å². The first-order valence-electron chi connectivity index (χ1n) is 5.94. The van der Waals surface area contributed by atoms with E-state index in [9.17, 15) is 4.79 Å². The van der Waals surface area contributed by atoms with Crippen molar-refractivity contribution >= 4 is 23.3 Å². The van der Waals surface area contributed by atoms with Gasteiger partial charge in [0, 0.05) is 5.02 Å². The minimum Gasteiger partial charge on any atom is -0.409 e. The van der Waals surface area contributed by atoms with E-state index < -0.39 is 5.54 Å². The topological polar surface area (TPSA) is 87.7 Å². The molecule has 0 heterocycles. The number of nitrogens with one attached hydrogen (secondary N) is 1. The zero-order chi connectivity index (χ0) is 14.5. The lowest BCUT2D eigenvalue weighted by atomic mass is 9.97. The number of nitrogens with zero attached hydrogens (tertiary/aromatic N) is 1. The van der Waals surface area contributed by atoms with Crippen molar-refractivity contribution in [3.8, 4) is 0 Å². The van der Waals surface area contributed by atoms with Gasteiger partial charge >= 0.3 is 0 Å². The Balaban J connectivity index is 2.74. The first-order chi connectivity index (χ1) is 8.91. The number of nitrogens with two attached hydrogens (primary N) is 1. The molecule has 1 rings (SSSR count). The average molecular weight is 284 g/mol. The van der Waals surface area contributed by atoms with Crippen molar-refractivity contribution in [3.63, 3.8) is 0 Å². The van der Waals surface area contributed by atoms with Crippen LogP contribution in [0.25, 0.3) is 0 Å². The fourth-order valence-electron chi connectivity index (χ4n) is 1.63. The Bertz CT molecular complexity index is 491. The van der Waals surface area contributed by atoms with Gasteiger partial charge in [0.25, 0.3) is 0 Å². The molecule has 1 unspecified atom stereocenters. The van der Waals surface area contributed by atoms with Crippen LogP contribution in [0.2, 0.25) is 5.02 Å². The molecule has 4 N–H and O–H groups in total. The van der Waals surface area contributed by atoms with Crippen molar-refractivity contribution in [2.45, 2.75) is 32.2 Å². The number of amides is 1. The Labute approximate surface area is 117 Å². The van der Waals surface area contributed by atoms with Crippen molar-refractivity contribution in [1.29, 1.82) is 0 Å². The molecule has 0 spiro atoms. The third kappa shape index (κ3) is 4.13. The SMILES string of the molecule is CCC(C)(NC(=O)Cc1cccc(Cl)c1)C(N)=NO. The summed E-state index contributed by atoms with van der Waals surface area (Å²) < 4.78 is 0. The van der Waals surface area contributed by atoms with E-state index in [1.165, 1.54) is 0 Å². The molecule has 0 bridgehead atoms. The van der Waals surface area contributed by atoms with Crippen molar-refractivity contribution in [3.05, 3.63) is 34.9 Å². The Morgan fingerprint density at radius 2 is 2.26 bits per heavy atom. The Kier molecular flexibility index (Phi) is 5.18. The minimum absolute atomic E-state index is 0.0190. The van der Waals surface area contributed by atoms with E-state index in [-0.39, 0.29) is 18.2 Å². The van der Waals surface area contributed by atoms with E-state index in [0.29, 0.717) is 11.4 Å². The quantitative estimate of drug-likeness (QED) is 0.334. The highest BCUT2D eigenvalue weighted by Crippen LogP contribution is 2.13. The summed E-state index contributed by atoms with van der Waals surface area (Å²) in [5, 5.41) is 15.0. The molecule has 1 amide bonds. The van der Waals surface area contributed by atoms with E-state index >= 15 is 0 Å². The molecule has 0 aromatic heterocycles. The maximum Gasteiger partial charge on any atom is 0.225 e. The molecule has 1 aromatic carbocycles. The molecular weight excluding hydrogens is 266 g/mol. The van der Waals surface area contributed by atoms with Gasteiger partial charge < -0.3 is 16.3 Å². The second kappa shape index (κ2) is 6.43. The van der Waals surface area contributed by atoms with Gasteiger partial charge in [0.15, 0.2) is 5.84 Å². The van der Waals surface area contributed by atoms with Gasteiger partial charge in [0.1, 0.15) is 0 Å². The number of oxime groups is 1. The van der Waals surface area contributed by atoms with E-state index in [4.69, 9.17) is 22.5 Å². The Morgan fingerprint density at radius 3 is 2.79 bits per heavy atom. The van der Waals surface area contributed by atoms with Gasteiger partial charge in [0.05, 0.1) is 12.0 Å². The predicted octanol–water partition coefficient (Wildman–Crippen LogP) is 1.91. The van der Waals surface area contributed by atoms with Gasteiger partial charge in [0.2, 0.25) is 5.91 Å². The summed E-state index contributed by atoms with van der Waals surface area (Å²) in [5.41, 5.74) is 5.54. The van der Waals surface area contributed by atoms with Crippen LogP contribution in [0, 0.1) is 0 Å². The van der Waals surface area contributed by atoms with Crippen molar-refractivity contribution < 1.29 is 10.0 Å². The highest BCUT2D eigenvalue weighted by molar-refractivity contribution is 6.30. The molecule has 19 heavy (non-hydrogen) atoms. The lowest BCUT2D eigenvalue weighted by Gasteiger charge is -2.28. The van der Waals surface area contributed by atoms with Crippen LogP contribution >= 0.6 is 11.6 Å². The smallest absolute Gasteiger partial charge is 0.225 e. The summed E-state index contributed by atoms with van der Waals surface area (Å²) in [6.45, 7) is 3.55. The summed E-state index contributed by atoms with van der Waals surface area (Å²) in [6, 6.07) is 7.08. The van der Waals surface area contributed by atoms with Gasteiger partial charge in [-0.2, -0.15) is 0 Å². The van der Waals surface area contributed by atoms with Crippen LogP contribution in [0.4, 0.5) is 0 Å². The number of benzene rings is 1. The number of rotatable bonds is 5. The van der Waals surface area contributed by atoms with Gasteiger partial charge in [-0.05, 0) is 31.0 Å². The summed E-state index contributed by atoms with van der Waals surface area (Å²) in [6.07, 6.45) is 0.707. The van der Waals surface area contributed by atoms with Crippen LogP contribution in [0.5, 0.6) is 0 Å². The maximum atomic E-state index is 12.0. The number of carbonyl (C=O) groups excluding carboxylic acids is 1. The molecule has 5 nitrogen and oxygen atoms in total. The van der Waals surface area contributed by atoms with Crippen molar-refractivity contribution in [1.82, 2.24) is 5.32 Å².